The van der Waals surface area contributed by atoms with Crippen molar-refractivity contribution >= 4 is 17.6 Å². The third kappa shape index (κ3) is 5.73. The second kappa shape index (κ2) is 6.79. The van der Waals surface area contributed by atoms with Crippen molar-refractivity contribution in [3.8, 4) is 0 Å². The van der Waals surface area contributed by atoms with Gasteiger partial charge in [-0.1, -0.05) is 18.2 Å². The molecule has 6 nitrogen and oxygen atoms in total. The van der Waals surface area contributed by atoms with Gasteiger partial charge in [0.05, 0.1) is 12.1 Å². The highest BCUT2D eigenvalue weighted by Gasteiger charge is 2.34. The zero-order chi connectivity index (χ0) is 17.0. The van der Waals surface area contributed by atoms with Crippen LogP contribution in [-0.2, 0) is 25.6 Å². The van der Waals surface area contributed by atoms with Crippen molar-refractivity contribution < 1.29 is 24.3 Å². The third-order valence-electron chi connectivity index (χ3n) is 2.67. The van der Waals surface area contributed by atoms with E-state index >= 15 is 0 Å². The van der Waals surface area contributed by atoms with Gasteiger partial charge in [-0.05, 0) is 46.2 Å². The van der Waals surface area contributed by atoms with E-state index in [1.165, 1.54) is 0 Å². The molecule has 1 rings (SSSR count). The number of hydrogen-bond donors (Lipinski definition) is 2. The number of nitrogens with one attached hydrogen (secondary N) is 1. The predicted octanol–water partition coefficient (Wildman–Crippen LogP) is 2.78. The van der Waals surface area contributed by atoms with Crippen LogP contribution < -0.4 is 5.48 Å². The molecule has 0 spiro atoms. The summed E-state index contributed by atoms with van der Waals surface area (Å²) in [6.45, 7) is 8.48. The summed E-state index contributed by atoms with van der Waals surface area (Å²) in [7, 11) is 0. The topological polar surface area (TPSA) is 84.9 Å². The molecule has 1 aromatic rings. The van der Waals surface area contributed by atoms with Crippen LogP contribution in [0.3, 0.4) is 0 Å². The highest BCUT2D eigenvalue weighted by Crippen LogP contribution is 2.21. The summed E-state index contributed by atoms with van der Waals surface area (Å²) >= 11 is 0. The minimum absolute atomic E-state index is 0.139. The average molecular weight is 309 g/mol. The standard InChI is InChI=1S/C16H23NO5/c1-15(2,3)21-14(20)16(4,5)22-17-12-9-7-6-8-11(12)10-13(18)19/h6-9,17H,10H2,1-5H3,(H,18,19). The van der Waals surface area contributed by atoms with Crippen LogP contribution in [0.5, 0.6) is 0 Å². The summed E-state index contributed by atoms with van der Waals surface area (Å²) in [5.41, 5.74) is 1.90. The maximum absolute atomic E-state index is 12.1. The van der Waals surface area contributed by atoms with Gasteiger partial charge in [-0.3, -0.25) is 15.1 Å². The molecule has 0 aliphatic carbocycles. The van der Waals surface area contributed by atoms with E-state index in [4.69, 9.17) is 14.7 Å². The molecule has 6 heteroatoms. The largest absolute Gasteiger partial charge is 0.481 e. The number of para-hydroxylation sites is 1. The van der Waals surface area contributed by atoms with Crippen molar-refractivity contribution in [2.45, 2.75) is 52.2 Å². The number of hydrogen-bond acceptors (Lipinski definition) is 5. The van der Waals surface area contributed by atoms with E-state index in [1.807, 2.05) is 0 Å². The van der Waals surface area contributed by atoms with Crippen molar-refractivity contribution in [3.05, 3.63) is 29.8 Å². The van der Waals surface area contributed by atoms with Gasteiger partial charge < -0.3 is 9.84 Å². The molecule has 1 aromatic carbocycles. The van der Waals surface area contributed by atoms with Crippen molar-refractivity contribution in [3.63, 3.8) is 0 Å². The smallest absolute Gasteiger partial charge is 0.341 e. The molecular formula is C16H23NO5. The molecule has 2 N–H and O–H groups in total. The fourth-order valence-electron chi connectivity index (χ4n) is 1.56. The zero-order valence-electron chi connectivity index (χ0n) is 13.6. The second-order valence-electron chi connectivity index (χ2n) is 6.44. The number of benzene rings is 1. The summed E-state index contributed by atoms with van der Waals surface area (Å²) in [4.78, 5) is 28.4. The number of aliphatic carboxylic acids is 1. The molecule has 122 valence electrons. The van der Waals surface area contributed by atoms with Gasteiger partial charge >= 0.3 is 11.9 Å². The Bertz CT molecular complexity index is 546. The Morgan fingerprint density at radius 2 is 1.73 bits per heavy atom. The molecule has 0 saturated heterocycles. The normalized spacial score (nSPS) is 11.9. The number of carbonyl (C=O) groups excluding carboxylic acids is 1. The minimum Gasteiger partial charge on any atom is -0.481 e. The van der Waals surface area contributed by atoms with Crippen LogP contribution in [-0.4, -0.2) is 28.2 Å². The Kier molecular flexibility index (Phi) is 5.54. The van der Waals surface area contributed by atoms with Gasteiger partial charge in [-0.2, -0.15) is 0 Å². The number of rotatable bonds is 6. The number of carboxylic acid groups (broad SMARTS) is 1. The molecule has 0 aliphatic heterocycles. The quantitative estimate of drug-likeness (QED) is 0.621. The Hall–Kier alpha value is -2.08. The number of ether oxygens (including phenoxy) is 1. The maximum Gasteiger partial charge on any atom is 0.341 e. The van der Waals surface area contributed by atoms with E-state index in [9.17, 15) is 9.59 Å². The number of anilines is 1. The van der Waals surface area contributed by atoms with Crippen LogP contribution in [0.2, 0.25) is 0 Å². The van der Waals surface area contributed by atoms with Gasteiger partial charge in [0.2, 0.25) is 0 Å². The first-order chi connectivity index (χ1) is 10.0. The van der Waals surface area contributed by atoms with Crippen molar-refractivity contribution in [2.24, 2.45) is 0 Å². The second-order valence-corrected chi connectivity index (χ2v) is 6.44. The molecule has 0 amide bonds. The molecule has 0 fully saturated rings. The van der Waals surface area contributed by atoms with Crippen LogP contribution >= 0.6 is 0 Å². The molecule has 0 bridgehead atoms. The van der Waals surface area contributed by atoms with Gasteiger partial charge in [0.25, 0.3) is 0 Å². The Labute approximate surface area is 130 Å². The lowest BCUT2D eigenvalue weighted by molar-refractivity contribution is -0.176. The highest BCUT2D eigenvalue weighted by molar-refractivity contribution is 5.79. The lowest BCUT2D eigenvalue weighted by Crippen LogP contribution is -2.42. The van der Waals surface area contributed by atoms with Crippen LogP contribution in [0.25, 0.3) is 0 Å². The fourth-order valence-corrected chi connectivity index (χ4v) is 1.56. The molecule has 0 aliphatic rings. The van der Waals surface area contributed by atoms with E-state index in [2.05, 4.69) is 5.48 Å². The summed E-state index contributed by atoms with van der Waals surface area (Å²) in [5, 5.41) is 8.89. The lowest BCUT2D eigenvalue weighted by Gasteiger charge is -2.28. The molecule has 0 unspecified atom stereocenters. The van der Waals surface area contributed by atoms with Crippen molar-refractivity contribution in [1.29, 1.82) is 0 Å². The van der Waals surface area contributed by atoms with Gasteiger partial charge in [-0.15, -0.1) is 0 Å². The first-order valence-electron chi connectivity index (χ1n) is 6.98. The van der Waals surface area contributed by atoms with Gasteiger partial charge in [0.15, 0.2) is 5.60 Å². The molecule has 0 radical (unpaired) electrons. The van der Waals surface area contributed by atoms with Crippen molar-refractivity contribution in [1.82, 2.24) is 0 Å². The first kappa shape index (κ1) is 18.0. The Morgan fingerprint density at radius 1 is 1.14 bits per heavy atom. The van der Waals surface area contributed by atoms with Crippen LogP contribution in [0.1, 0.15) is 40.2 Å². The molecule has 0 atom stereocenters. The molecule has 0 aromatic heterocycles. The predicted molar refractivity (Wildman–Crippen MR) is 82.4 cm³/mol. The summed E-state index contributed by atoms with van der Waals surface area (Å²) in [6, 6.07) is 6.85. The van der Waals surface area contributed by atoms with Crippen molar-refractivity contribution in [2.75, 3.05) is 5.48 Å². The number of carboxylic acids is 1. The van der Waals surface area contributed by atoms with Gasteiger partial charge in [0, 0.05) is 0 Å². The SMILES string of the molecule is CC(C)(C)OC(=O)C(C)(C)ONc1ccccc1CC(=O)O. The molecule has 22 heavy (non-hydrogen) atoms. The van der Waals surface area contributed by atoms with Crippen LogP contribution in [0, 0.1) is 0 Å². The summed E-state index contributed by atoms with van der Waals surface area (Å²) < 4.78 is 5.29. The third-order valence-corrected chi connectivity index (χ3v) is 2.67. The summed E-state index contributed by atoms with van der Waals surface area (Å²) in [6.07, 6.45) is -0.139. The number of carbonyl (C=O) groups is 2. The lowest BCUT2D eigenvalue weighted by atomic mass is 10.1. The van der Waals surface area contributed by atoms with E-state index in [0.29, 0.717) is 11.3 Å². The Balaban J connectivity index is 2.76. The Morgan fingerprint density at radius 3 is 2.27 bits per heavy atom. The maximum atomic E-state index is 12.1. The number of esters is 1. The van der Waals surface area contributed by atoms with E-state index in [1.54, 1.807) is 58.9 Å². The molecule has 0 saturated carbocycles. The van der Waals surface area contributed by atoms with E-state index < -0.39 is 23.1 Å². The first-order valence-corrected chi connectivity index (χ1v) is 6.98. The highest BCUT2D eigenvalue weighted by atomic mass is 16.7. The summed E-state index contributed by atoms with van der Waals surface area (Å²) in [5.74, 6) is -1.45. The molecular weight excluding hydrogens is 286 g/mol. The zero-order valence-corrected chi connectivity index (χ0v) is 13.6. The van der Waals surface area contributed by atoms with Gasteiger partial charge in [0.1, 0.15) is 5.60 Å². The van der Waals surface area contributed by atoms with E-state index in [-0.39, 0.29) is 6.42 Å². The average Bonchev–Trinajstić information content (AvgIpc) is 2.35. The van der Waals surface area contributed by atoms with Crippen LogP contribution in [0.15, 0.2) is 24.3 Å². The van der Waals surface area contributed by atoms with E-state index in [0.717, 1.165) is 0 Å². The minimum atomic E-state index is -1.22. The van der Waals surface area contributed by atoms with Gasteiger partial charge in [-0.25, -0.2) is 4.79 Å². The molecule has 0 heterocycles. The van der Waals surface area contributed by atoms with Crippen LogP contribution in [0.4, 0.5) is 5.69 Å². The fraction of sp³-hybridized carbons (Fsp3) is 0.500. The monoisotopic (exact) mass is 309 g/mol.